The topological polar surface area (TPSA) is 83.7 Å². The van der Waals surface area contributed by atoms with Crippen molar-refractivity contribution in [2.24, 2.45) is 0 Å². The standard InChI is InChI=1S/C11H12Cl2N2O4/c1-14(4-2-3-10(16)17)11-8(12)5-7(15(18)19)6-9(11)13/h5-6H,2-4H2,1H3,(H,16,17). The molecule has 0 aliphatic rings. The molecular weight excluding hydrogens is 295 g/mol. The van der Waals surface area contributed by atoms with Crippen LogP contribution in [0.1, 0.15) is 12.8 Å². The van der Waals surface area contributed by atoms with Gasteiger partial charge in [-0.2, -0.15) is 0 Å². The first-order valence-electron chi connectivity index (χ1n) is 5.39. The van der Waals surface area contributed by atoms with E-state index in [0.717, 1.165) is 0 Å². The summed E-state index contributed by atoms with van der Waals surface area (Å²) in [6, 6.07) is 2.44. The number of non-ortho nitro benzene ring substituents is 1. The molecule has 6 nitrogen and oxygen atoms in total. The minimum absolute atomic E-state index is 0.0343. The molecule has 0 aliphatic heterocycles. The molecule has 0 fully saturated rings. The molecule has 0 aromatic heterocycles. The summed E-state index contributed by atoms with van der Waals surface area (Å²) >= 11 is 11.9. The molecule has 8 heteroatoms. The van der Waals surface area contributed by atoms with E-state index in [1.165, 1.54) is 12.1 Å². The van der Waals surface area contributed by atoms with Crippen molar-refractivity contribution in [3.63, 3.8) is 0 Å². The van der Waals surface area contributed by atoms with Gasteiger partial charge in [0.1, 0.15) is 0 Å². The third kappa shape index (κ3) is 4.25. The number of carbonyl (C=O) groups is 1. The molecule has 104 valence electrons. The van der Waals surface area contributed by atoms with E-state index < -0.39 is 10.9 Å². The van der Waals surface area contributed by atoms with Gasteiger partial charge in [0, 0.05) is 32.1 Å². The van der Waals surface area contributed by atoms with Gasteiger partial charge < -0.3 is 10.0 Å². The van der Waals surface area contributed by atoms with Crippen LogP contribution in [0.4, 0.5) is 11.4 Å². The van der Waals surface area contributed by atoms with Crippen LogP contribution >= 0.6 is 23.2 Å². The molecule has 0 saturated carbocycles. The Morgan fingerprint density at radius 2 is 1.95 bits per heavy atom. The average Bonchev–Trinajstić information content (AvgIpc) is 2.27. The van der Waals surface area contributed by atoms with Crippen molar-refractivity contribution in [2.45, 2.75) is 12.8 Å². The van der Waals surface area contributed by atoms with E-state index in [2.05, 4.69) is 0 Å². The van der Waals surface area contributed by atoms with Crippen molar-refractivity contribution < 1.29 is 14.8 Å². The third-order valence-electron chi connectivity index (χ3n) is 2.48. The fourth-order valence-electron chi connectivity index (χ4n) is 1.60. The second-order valence-electron chi connectivity index (χ2n) is 3.93. The fourth-order valence-corrected chi connectivity index (χ4v) is 2.37. The van der Waals surface area contributed by atoms with Crippen molar-refractivity contribution in [1.29, 1.82) is 0 Å². The summed E-state index contributed by atoms with van der Waals surface area (Å²) in [5, 5.41) is 19.5. The Balaban J connectivity index is 2.88. The number of nitro benzene ring substituents is 1. The lowest BCUT2D eigenvalue weighted by molar-refractivity contribution is -0.384. The predicted octanol–water partition coefficient (Wildman–Crippen LogP) is 3.20. The van der Waals surface area contributed by atoms with Crippen LogP contribution in [0.5, 0.6) is 0 Å². The smallest absolute Gasteiger partial charge is 0.303 e. The van der Waals surface area contributed by atoms with E-state index in [-0.39, 0.29) is 22.2 Å². The number of carboxylic acids is 1. The normalized spacial score (nSPS) is 10.3. The highest BCUT2D eigenvalue weighted by atomic mass is 35.5. The van der Waals surface area contributed by atoms with Crippen LogP contribution in [0.3, 0.4) is 0 Å². The number of halogens is 2. The molecule has 0 heterocycles. The van der Waals surface area contributed by atoms with Crippen molar-refractivity contribution in [2.75, 3.05) is 18.5 Å². The van der Waals surface area contributed by atoms with E-state index in [1.807, 2.05) is 0 Å². The molecule has 0 saturated heterocycles. The van der Waals surface area contributed by atoms with Crippen LogP contribution < -0.4 is 4.90 Å². The number of hydrogen-bond acceptors (Lipinski definition) is 4. The first-order chi connectivity index (χ1) is 8.82. The Kier molecular flexibility index (Phi) is 5.38. The van der Waals surface area contributed by atoms with E-state index in [4.69, 9.17) is 28.3 Å². The maximum atomic E-state index is 10.6. The molecule has 0 radical (unpaired) electrons. The zero-order valence-corrected chi connectivity index (χ0v) is 11.6. The van der Waals surface area contributed by atoms with Gasteiger partial charge in [0.2, 0.25) is 0 Å². The molecule has 1 N–H and O–H groups in total. The molecule has 0 aliphatic carbocycles. The zero-order valence-electron chi connectivity index (χ0n) is 10.1. The largest absolute Gasteiger partial charge is 0.481 e. The number of hydrogen-bond donors (Lipinski definition) is 1. The molecule has 0 bridgehead atoms. The monoisotopic (exact) mass is 306 g/mol. The second kappa shape index (κ2) is 6.58. The summed E-state index contributed by atoms with van der Waals surface area (Å²) in [5.74, 6) is -0.880. The first kappa shape index (κ1) is 15.5. The summed E-state index contributed by atoms with van der Waals surface area (Å²) in [6.07, 6.45) is 0.460. The van der Waals surface area contributed by atoms with Gasteiger partial charge in [-0.3, -0.25) is 14.9 Å². The highest BCUT2D eigenvalue weighted by molar-refractivity contribution is 6.39. The van der Waals surface area contributed by atoms with E-state index >= 15 is 0 Å². The van der Waals surface area contributed by atoms with Gasteiger partial charge in [-0.25, -0.2) is 0 Å². The summed E-state index contributed by atoms with van der Waals surface area (Å²) in [7, 11) is 1.70. The Labute approximate surface area is 119 Å². The summed E-state index contributed by atoms with van der Waals surface area (Å²) in [4.78, 5) is 22.2. The lowest BCUT2D eigenvalue weighted by Gasteiger charge is -2.21. The van der Waals surface area contributed by atoms with E-state index in [0.29, 0.717) is 18.7 Å². The predicted molar refractivity (Wildman–Crippen MR) is 73.3 cm³/mol. The number of nitro groups is 1. The van der Waals surface area contributed by atoms with Crippen molar-refractivity contribution in [1.82, 2.24) is 0 Å². The Bertz CT molecular complexity index is 484. The van der Waals surface area contributed by atoms with Crippen LogP contribution in [0.25, 0.3) is 0 Å². The molecule has 19 heavy (non-hydrogen) atoms. The number of rotatable bonds is 6. The number of nitrogens with zero attached hydrogens (tertiary/aromatic N) is 2. The highest BCUT2D eigenvalue weighted by Crippen LogP contribution is 2.36. The van der Waals surface area contributed by atoms with Crippen LogP contribution in [-0.4, -0.2) is 29.6 Å². The molecular formula is C11H12Cl2N2O4. The maximum absolute atomic E-state index is 10.6. The molecule has 0 amide bonds. The molecule has 1 aromatic carbocycles. The molecule has 0 spiro atoms. The van der Waals surface area contributed by atoms with E-state index in [9.17, 15) is 14.9 Å². The number of benzene rings is 1. The molecule has 0 atom stereocenters. The summed E-state index contributed by atoms with van der Waals surface area (Å²) in [6.45, 7) is 0.434. The number of carboxylic acid groups (broad SMARTS) is 1. The number of anilines is 1. The van der Waals surface area contributed by atoms with Crippen LogP contribution in [0.15, 0.2) is 12.1 Å². The van der Waals surface area contributed by atoms with Gasteiger partial charge >= 0.3 is 5.97 Å². The van der Waals surface area contributed by atoms with Crippen LogP contribution in [0.2, 0.25) is 10.0 Å². The van der Waals surface area contributed by atoms with Gasteiger partial charge in [-0.1, -0.05) is 23.2 Å². The number of aliphatic carboxylic acids is 1. The maximum Gasteiger partial charge on any atom is 0.303 e. The van der Waals surface area contributed by atoms with Gasteiger partial charge in [-0.15, -0.1) is 0 Å². The molecule has 0 unspecified atom stereocenters. The quantitative estimate of drug-likeness (QED) is 0.644. The van der Waals surface area contributed by atoms with Crippen molar-refractivity contribution >= 4 is 40.5 Å². The fraction of sp³-hybridized carbons (Fsp3) is 0.364. The Morgan fingerprint density at radius 1 is 1.42 bits per heavy atom. The van der Waals surface area contributed by atoms with Crippen molar-refractivity contribution in [3.05, 3.63) is 32.3 Å². The Morgan fingerprint density at radius 3 is 2.37 bits per heavy atom. The first-order valence-corrected chi connectivity index (χ1v) is 6.15. The van der Waals surface area contributed by atoms with Gasteiger partial charge in [0.15, 0.2) is 0 Å². The van der Waals surface area contributed by atoms with Crippen LogP contribution in [0, 0.1) is 10.1 Å². The minimum Gasteiger partial charge on any atom is -0.481 e. The second-order valence-corrected chi connectivity index (χ2v) is 4.75. The SMILES string of the molecule is CN(CCCC(=O)O)c1c(Cl)cc([N+](=O)[O-])cc1Cl. The lowest BCUT2D eigenvalue weighted by atomic mass is 10.2. The molecule has 1 rings (SSSR count). The van der Waals surface area contributed by atoms with Gasteiger partial charge in [0.25, 0.3) is 5.69 Å². The third-order valence-corrected chi connectivity index (χ3v) is 3.05. The van der Waals surface area contributed by atoms with Gasteiger partial charge in [-0.05, 0) is 6.42 Å². The van der Waals surface area contributed by atoms with Gasteiger partial charge in [0.05, 0.1) is 20.7 Å². The van der Waals surface area contributed by atoms with Crippen molar-refractivity contribution in [3.8, 4) is 0 Å². The Hall–Kier alpha value is -1.53. The molecule has 1 aromatic rings. The average molecular weight is 307 g/mol. The summed E-state index contributed by atoms with van der Waals surface area (Å²) < 4.78 is 0. The lowest BCUT2D eigenvalue weighted by Crippen LogP contribution is -2.20. The van der Waals surface area contributed by atoms with E-state index in [1.54, 1.807) is 11.9 Å². The zero-order chi connectivity index (χ0) is 14.6. The minimum atomic E-state index is -0.880. The highest BCUT2D eigenvalue weighted by Gasteiger charge is 2.17. The summed E-state index contributed by atoms with van der Waals surface area (Å²) in [5.41, 5.74) is 0.275. The van der Waals surface area contributed by atoms with Crippen LogP contribution in [-0.2, 0) is 4.79 Å².